The Morgan fingerprint density at radius 3 is 1.89 bits per heavy atom. The number of aliphatic hydroxyl groups is 4. The van der Waals surface area contributed by atoms with Gasteiger partial charge in [0.25, 0.3) is 0 Å². The first-order valence-electron chi connectivity index (χ1n) is 5.48. The van der Waals surface area contributed by atoms with Crippen molar-refractivity contribution in [1.29, 1.82) is 0 Å². The van der Waals surface area contributed by atoms with E-state index in [-0.39, 0.29) is 18.6 Å². The van der Waals surface area contributed by atoms with Crippen molar-refractivity contribution >= 4 is 17.3 Å². The maximum atomic E-state index is 11.4. The lowest BCUT2D eigenvalue weighted by Gasteiger charge is -2.19. The van der Waals surface area contributed by atoms with Crippen LogP contribution in [0.25, 0.3) is 0 Å². The molecule has 0 aromatic heterocycles. The van der Waals surface area contributed by atoms with Crippen molar-refractivity contribution in [2.75, 3.05) is 0 Å². The summed E-state index contributed by atoms with van der Waals surface area (Å²) in [6, 6.07) is 0. The Hall–Kier alpha value is -1.15. The molecule has 0 bridgehead atoms. The van der Waals surface area contributed by atoms with Crippen molar-refractivity contribution in [1.82, 2.24) is 0 Å². The van der Waals surface area contributed by atoms with Crippen LogP contribution < -0.4 is 0 Å². The van der Waals surface area contributed by atoms with Gasteiger partial charge in [-0.05, 0) is 20.3 Å². The summed E-state index contributed by atoms with van der Waals surface area (Å²) in [6.45, 7) is 2.41. The molecule has 0 saturated heterocycles. The lowest BCUT2D eigenvalue weighted by molar-refractivity contribution is -0.152. The third kappa shape index (κ3) is 5.01. The van der Waals surface area contributed by atoms with Gasteiger partial charge in [-0.25, -0.2) is 0 Å². The Labute approximate surface area is 104 Å². The average Bonchev–Trinajstić information content (AvgIpc) is 2.31. The summed E-state index contributed by atoms with van der Waals surface area (Å²) in [7, 11) is 0. The molecule has 4 N–H and O–H groups in total. The van der Waals surface area contributed by atoms with Crippen LogP contribution in [0.5, 0.6) is 0 Å². The van der Waals surface area contributed by atoms with E-state index >= 15 is 0 Å². The molecule has 0 amide bonds. The monoisotopic (exact) mass is 262 g/mol. The number of aliphatic hydroxyl groups excluding tert-OH is 4. The number of hydrogen-bond acceptors (Lipinski definition) is 7. The largest absolute Gasteiger partial charge is 0.391 e. The third-order valence-electron chi connectivity index (χ3n) is 2.40. The zero-order chi connectivity index (χ0) is 14.5. The van der Waals surface area contributed by atoms with Crippen LogP contribution in [-0.2, 0) is 14.4 Å². The van der Waals surface area contributed by atoms with Crippen molar-refractivity contribution in [3.8, 4) is 0 Å². The van der Waals surface area contributed by atoms with Gasteiger partial charge in [-0.3, -0.25) is 9.59 Å². The molecule has 104 valence electrons. The van der Waals surface area contributed by atoms with Crippen LogP contribution in [-0.4, -0.2) is 62.2 Å². The van der Waals surface area contributed by atoms with E-state index in [4.69, 9.17) is 5.11 Å². The Morgan fingerprint density at radius 1 is 1.00 bits per heavy atom. The first-order chi connectivity index (χ1) is 8.18. The van der Waals surface area contributed by atoms with E-state index in [1.807, 2.05) is 0 Å². The van der Waals surface area contributed by atoms with E-state index in [0.717, 1.165) is 6.92 Å². The van der Waals surface area contributed by atoms with Crippen LogP contribution in [0.2, 0.25) is 0 Å². The van der Waals surface area contributed by atoms with Gasteiger partial charge in [-0.15, -0.1) is 0 Å². The standard InChI is InChI=1S/C11H18O7/c1-5(12)3-4-7(14)9(16)11(18)10(17)8(15)6(2)13/h6-8,10,13-15,17H,3-4H2,1-2H3/t6-,7?,8+,10+/m1/s1. The molecule has 0 aliphatic carbocycles. The van der Waals surface area contributed by atoms with Crippen LogP contribution in [0, 0.1) is 0 Å². The van der Waals surface area contributed by atoms with Gasteiger partial charge in [-0.1, -0.05) is 0 Å². The maximum Gasteiger partial charge on any atom is 0.232 e. The van der Waals surface area contributed by atoms with Crippen molar-refractivity contribution < 1.29 is 34.8 Å². The predicted molar refractivity (Wildman–Crippen MR) is 59.6 cm³/mol. The molecule has 0 spiro atoms. The molecule has 0 aromatic carbocycles. The zero-order valence-electron chi connectivity index (χ0n) is 10.2. The fourth-order valence-electron chi connectivity index (χ4n) is 1.20. The van der Waals surface area contributed by atoms with Gasteiger partial charge in [0.15, 0.2) is 0 Å². The van der Waals surface area contributed by atoms with E-state index in [1.165, 1.54) is 6.92 Å². The minimum atomic E-state index is -2.09. The summed E-state index contributed by atoms with van der Waals surface area (Å²) >= 11 is 0. The first-order valence-corrected chi connectivity index (χ1v) is 5.48. The molecule has 18 heavy (non-hydrogen) atoms. The van der Waals surface area contributed by atoms with Crippen molar-refractivity contribution in [2.45, 2.75) is 51.1 Å². The second-order valence-corrected chi connectivity index (χ2v) is 4.16. The minimum Gasteiger partial charge on any atom is -0.391 e. The summed E-state index contributed by atoms with van der Waals surface area (Å²) in [5.74, 6) is -2.93. The van der Waals surface area contributed by atoms with Gasteiger partial charge >= 0.3 is 0 Å². The van der Waals surface area contributed by atoms with Crippen molar-refractivity contribution in [3.63, 3.8) is 0 Å². The molecule has 0 aliphatic heterocycles. The molecule has 7 heteroatoms. The van der Waals surface area contributed by atoms with Crippen molar-refractivity contribution in [3.05, 3.63) is 0 Å². The highest BCUT2D eigenvalue weighted by molar-refractivity contribution is 6.40. The Balaban J connectivity index is 4.49. The molecular formula is C11H18O7. The summed E-state index contributed by atoms with van der Waals surface area (Å²) in [5, 5.41) is 36.8. The van der Waals surface area contributed by atoms with Crippen LogP contribution in [0.1, 0.15) is 26.7 Å². The molecule has 7 nitrogen and oxygen atoms in total. The predicted octanol–water partition coefficient (Wildman–Crippen LogP) is -2.04. The molecule has 0 aliphatic rings. The Morgan fingerprint density at radius 2 is 1.50 bits per heavy atom. The second-order valence-electron chi connectivity index (χ2n) is 4.16. The normalized spacial score (nSPS) is 17.7. The third-order valence-corrected chi connectivity index (χ3v) is 2.40. The summed E-state index contributed by atoms with van der Waals surface area (Å²) in [6.07, 6.45) is -7.29. The molecule has 0 aromatic rings. The average molecular weight is 262 g/mol. The van der Waals surface area contributed by atoms with Gasteiger partial charge in [0, 0.05) is 6.42 Å². The summed E-state index contributed by atoms with van der Waals surface area (Å²) < 4.78 is 0. The highest BCUT2D eigenvalue weighted by Crippen LogP contribution is 2.06. The zero-order valence-corrected chi connectivity index (χ0v) is 10.2. The van der Waals surface area contributed by atoms with Crippen LogP contribution in [0.15, 0.2) is 0 Å². The van der Waals surface area contributed by atoms with E-state index in [1.54, 1.807) is 0 Å². The highest BCUT2D eigenvalue weighted by atomic mass is 16.4. The van der Waals surface area contributed by atoms with E-state index in [9.17, 15) is 29.7 Å². The minimum absolute atomic E-state index is 0.0742. The molecular weight excluding hydrogens is 244 g/mol. The summed E-state index contributed by atoms with van der Waals surface area (Å²) in [5.41, 5.74) is 0. The van der Waals surface area contributed by atoms with Gasteiger partial charge in [0.05, 0.1) is 6.10 Å². The number of Topliss-reactive ketones (excluding diaryl/α,β-unsaturated/α-hetero) is 3. The van der Waals surface area contributed by atoms with Gasteiger partial charge in [0.2, 0.25) is 11.6 Å². The number of carbonyl (C=O) groups is 3. The molecule has 1 unspecified atom stereocenters. The van der Waals surface area contributed by atoms with Crippen LogP contribution in [0.3, 0.4) is 0 Å². The maximum absolute atomic E-state index is 11.4. The number of hydrogen-bond donors (Lipinski definition) is 4. The Kier molecular flexibility index (Phi) is 6.85. The van der Waals surface area contributed by atoms with Crippen LogP contribution >= 0.6 is 0 Å². The quantitative estimate of drug-likeness (QED) is 0.370. The fourth-order valence-corrected chi connectivity index (χ4v) is 1.20. The lowest BCUT2D eigenvalue weighted by atomic mass is 9.97. The smallest absolute Gasteiger partial charge is 0.232 e. The lowest BCUT2D eigenvalue weighted by Crippen LogP contribution is -2.46. The molecule has 0 saturated carbocycles. The number of ketones is 3. The van der Waals surface area contributed by atoms with Gasteiger partial charge < -0.3 is 25.2 Å². The first kappa shape index (κ1) is 16.9. The van der Waals surface area contributed by atoms with E-state index in [2.05, 4.69) is 0 Å². The van der Waals surface area contributed by atoms with Gasteiger partial charge in [-0.2, -0.15) is 0 Å². The van der Waals surface area contributed by atoms with Gasteiger partial charge in [0.1, 0.15) is 24.1 Å². The topological polar surface area (TPSA) is 132 Å². The van der Waals surface area contributed by atoms with E-state index in [0.29, 0.717) is 0 Å². The number of carbonyl (C=O) groups excluding carboxylic acids is 3. The SMILES string of the molecule is CC(=O)CCC(O)C(=O)C(=O)[C@@H](O)[C@@H](O)[C@@H](C)O. The molecule has 0 heterocycles. The Bertz CT molecular complexity index is 323. The number of rotatable bonds is 8. The molecule has 0 rings (SSSR count). The fraction of sp³-hybridized carbons (Fsp3) is 0.727. The molecule has 0 radical (unpaired) electrons. The molecule has 0 fully saturated rings. The van der Waals surface area contributed by atoms with Crippen molar-refractivity contribution in [2.24, 2.45) is 0 Å². The second kappa shape index (κ2) is 7.32. The summed E-state index contributed by atoms with van der Waals surface area (Å²) in [4.78, 5) is 33.4. The van der Waals surface area contributed by atoms with E-state index < -0.39 is 36.0 Å². The molecule has 4 atom stereocenters. The van der Waals surface area contributed by atoms with Crippen LogP contribution in [0.4, 0.5) is 0 Å². The highest BCUT2D eigenvalue weighted by Gasteiger charge is 2.34.